The van der Waals surface area contributed by atoms with Crippen molar-refractivity contribution in [2.75, 3.05) is 16.9 Å². The molecule has 2 aromatic heterocycles. The molecule has 0 amide bonds. The molecule has 4 rings (SSSR count). The molecule has 0 radical (unpaired) electrons. The number of hydrogen-bond acceptors (Lipinski definition) is 7. The zero-order valence-corrected chi connectivity index (χ0v) is 17.1. The fourth-order valence-corrected chi connectivity index (χ4v) is 4.19. The number of aryl methyl sites for hydroxylation is 1. The first kappa shape index (κ1) is 19.2. The molecule has 8 nitrogen and oxygen atoms in total. The molecule has 29 heavy (non-hydrogen) atoms. The van der Waals surface area contributed by atoms with E-state index in [-0.39, 0.29) is 4.90 Å². The predicted octanol–water partition coefficient (Wildman–Crippen LogP) is 4.21. The molecule has 4 aromatic rings. The van der Waals surface area contributed by atoms with Gasteiger partial charge in [0.1, 0.15) is 5.82 Å². The second-order valence-corrected chi connectivity index (χ2v) is 8.89. The monoisotopic (exact) mass is 428 g/mol. The van der Waals surface area contributed by atoms with E-state index in [2.05, 4.69) is 30.8 Å². The number of nitrogens with one attached hydrogen (secondary N) is 3. The zero-order chi connectivity index (χ0) is 20.6. The minimum Gasteiger partial charge on any atom is -0.324 e. The molecule has 0 aliphatic heterocycles. The van der Waals surface area contributed by atoms with Crippen molar-refractivity contribution in [3.05, 3.63) is 59.2 Å². The first-order chi connectivity index (χ1) is 13.8. The maximum Gasteiger partial charge on any atom is 0.229 e. The van der Waals surface area contributed by atoms with Crippen LogP contribution in [0, 0.1) is 6.92 Å². The van der Waals surface area contributed by atoms with E-state index in [0.717, 1.165) is 10.9 Å². The summed E-state index contributed by atoms with van der Waals surface area (Å²) in [5.74, 6) is 1.36. The minimum atomic E-state index is -3.33. The summed E-state index contributed by atoms with van der Waals surface area (Å²) in [6, 6.07) is 12.3. The molecule has 0 saturated carbocycles. The minimum absolute atomic E-state index is 0.259. The largest absolute Gasteiger partial charge is 0.324 e. The van der Waals surface area contributed by atoms with Crippen LogP contribution in [0.5, 0.6) is 0 Å². The topological polar surface area (TPSA) is 113 Å². The maximum atomic E-state index is 11.9. The van der Waals surface area contributed by atoms with Gasteiger partial charge in [0, 0.05) is 18.1 Å². The highest BCUT2D eigenvalue weighted by Gasteiger charge is 2.13. The molecule has 0 atom stereocenters. The lowest BCUT2D eigenvalue weighted by Gasteiger charge is -2.10. The van der Waals surface area contributed by atoms with E-state index in [0.29, 0.717) is 33.9 Å². The molecule has 0 spiro atoms. The first-order valence-electron chi connectivity index (χ1n) is 8.61. The molecule has 0 aliphatic rings. The normalized spacial score (nSPS) is 11.6. The van der Waals surface area contributed by atoms with E-state index in [1.807, 2.05) is 12.1 Å². The van der Waals surface area contributed by atoms with Gasteiger partial charge < -0.3 is 10.6 Å². The van der Waals surface area contributed by atoms with Crippen LogP contribution in [0.1, 0.15) is 5.56 Å². The summed E-state index contributed by atoms with van der Waals surface area (Å²) in [6.45, 7) is 1.75. The quantitative estimate of drug-likeness (QED) is 0.436. The maximum absolute atomic E-state index is 11.9. The van der Waals surface area contributed by atoms with Crippen LogP contribution in [0.15, 0.2) is 53.6 Å². The Balaban J connectivity index is 1.61. The fourth-order valence-electron chi connectivity index (χ4n) is 2.94. The third-order valence-corrected chi connectivity index (χ3v) is 5.84. The molecule has 2 aromatic carbocycles. The average molecular weight is 429 g/mol. The highest BCUT2D eigenvalue weighted by molar-refractivity contribution is 7.90. The van der Waals surface area contributed by atoms with Crippen LogP contribution in [-0.4, -0.2) is 34.8 Å². The van der Waals surface area contributed by atoms with Crippen molar-refractivity contribution in [1.29, 1.82) is 0 Å². The van der Waals surface area contributed by atoms with Crippen LogP contribution < -0.4 is 10.6 Å². The summed E-state index contributed by atoms with van der Waals surface area (Å²) < 4.78 is 23.9. The van der Waals surface area contributed by atoms with Crippen LogP contribution in [0.4, 0.5) is 23.3 Å². The van der Waals surface area contributed by atoms with Gasteiger partial charge in [-0.2, -0.15) is 10.1 Å². The molecule has 3 N–H and O–H groups in total. The molecule has 0 saturated heterocycles. The zero-order valence-electron chi connectivity index (χ0n) is 15.6. The molecular weight excluding hydrogens is 412 g/mol. The molecule has 0 aliphatic carbocycles. The van der Waals surface area contributed by atoms with Crippen LogP contribution >= 0.6 is 11.6 Å². The Morgan fingerprint density at radius 3 is 2.72 bits per heavy atom. The molecule has 148 valence electrons. The number of sulfone groups is 1. The fraction of sp³-hybridized carbons (Fsp3) is 0.105. The van der Waals surface area contributed by atoms with E-state index in [9.17, 15) is 8.42 Å². The Hall–Kier alpha value is -3.17. The molecule has 10 heteroatoms. The number of benzene rings is 2. The summed E-state index contributed by atoms with van der Waals surface area (Å²) in [5.41, 5.74) is 2.05. The second kappa shape index (κ2) is 7.34. The lowest BCUT2D eigenvalue weighted by Crippen LogP contribution is -2.03. The first-order valence-corrected chi connectivity index (χ1v) is 10.9. The van der Waals surface area contributed by atoms with E-state index in [1.54, 1.807) is 43.5 Å². The van der Waals surface area contributed by atoms with Crippen molar-refractivity contribution in [2.24, 2.45) is 0 Å². The van der Waals surface area contributed by atoms with Crippen molar-refractivity contribution in [3.63, 3.8) is 0 Å². The molecule has 0 unspecified atom stereocenters. The third kappa shape index (κ3) is 4.01. The number of nitrogens with zero attached hydrogens (tertiary/aromatic N) is 3. The van der Waals surface area contributed by atoms with Crippen molar-refractivity contribution >= 4 is 55.6 Å². The number of anilines is 4. The SMILES string of the molecule is Cc1ccc(Nc2nccc(Nc3n[nH]c4cccc(Cl)c34)n2)cc1S(C)(=O)=O. The van der Waals surface area contributed by atoms with Gasteiger partial charge in [-0.05, 0) is 42.8 Å². The van der Waals surface area contributed by atoms with Crippen LogP contribution in [-0.2, 0) is 9.84 Å². The van der Waals surface area contributed by atoms with Crippen LogP contribution in [0.3, 0.4) is 0 Å². The number of hydrogen-bond donors (Lipinski definition) is 3. The highest BCUT2D eigenvalue weighted by Crippen LogP contribution is 2.30. The summed E-state index contributed by atoms with van der Waals surface area (Å²) in [4.78, 5) is 8.86. The Morgan fingerprint density at radius 2 is 1.93 bits per heavy atom. The summed E-state index contributed by atoms with van der Waals surface area (Å²) >= 11 is 6.28. The number of H-pyrrole nitrogens is 1. The van der Waals surface area contributed by atoms with Gasteiger partial charge in [0.25, 0.3) is 0 Å². The van der Waals surface area contributed by atoms with Crippen molar-refractivity contribution < 1.29 is 8.42 Å². The van der Waals surface area contributed by atoms with Crippen LogP contribution in [0.2, 0.25) is 5.02 Å². The van der Waals surface area contributed by atoms with E-state index in [4.69, 9.17) is 11.6 Å². The standard InChI is InChI=1S/C19H17ClN6O2S/c1-11-6-7-12(10-15(11)29(2,27)28)22-19-21-9-8-16(24-19)23-18-17-13(20)4-3-5-14(17)25-26-18/h3-10H,1-2H3,(H3,21,22,23,24,25,26). The molecule has 2 heterocycles. The van der Waals surface area contributed by atoms with Gasteiger partial charge in [-0.15, -0.1) is 0 Å². The molecule has 0 fully saturated rings. The Kier molecular flexibility index (Phi) is 4.85. The molecule has 0 bridgehead atoms. The number of rotatable bonds is 5. The van der Waals surface area contributed by atoms with E-state index in [1.165, 1.54) is 6.26 Å². The lowest BCUT2D eigenvalue weighted by molar-refractivity contribution is 0.601. The van der Waals surface area contributed by atoms with Crippen molar-refractivity contribution in [1.82, 2.24) is 20.2 Å². The smallest absolute Gasteiger partial charge is 0.229 e. The van der Waals surface area contributed by atoms with Crippen molar-refractivity contribution in [2.45, 2.75) is 11.8 Å². The summed E-state index contributed by atoms with van der Waals surface area (Å²) in [5, 5.41) is 14.6. The number of halogens is 1. The highest BCUT2D eigenvalue weighted by atomic mass is 35.5. The van der Waals surface area contributed by atoms with Gasteiger partial charge in [0.05, 0.1) is 20.8 Å². The lowest BCUT2D eigenvalue weighted by atomic mass is 10.2. The Bertz CT molecular complexity index is 1320. The predicted molar refractivity (Wildman–Crippen MR) is 114 cm³/mol. The van der Waals surface area contributed by atoms with Crippen molar-refractivity contribution in [3.8, 4) is 0 Å². The summed E-state index contributed by atoms with van der Waals surface area (Å²) in [7, 11) is -3.33. The Morgan fingerprint density at radius 1 is 1.10 bits per heavy atom. The molecular formula is C19H17ClN6O2S. The summed E-state index contributed by atoms with van der Waals surface area (Å²) in [6.07, 6.45) is 2.76. The number of fused-ring (bicyclic) bond motifs is 1. The van der Waals surface area contributed by atoms with Gasteiger partial charge in [0.15, 0.2) is 15.7 Å². The van der Waals surface area contributed by atoms with Gasteiger partial charge >= 0.3 is 0 Å². The second-order valence-electron chi connectivity index (χ2n) is 6.50. The van der Waals surface area contributed by atoms with E-state index < -0.39 is 9.84 Å². The Labute approximate surface area is 172 Å². The van der Waals surface area contributed by atoms with Gasteiger partial charge in [0.2, 0.25) is 5.95 Å². The number of aromatic amines is 1. The van der Waals surface area contributed by atoms with Crippen LogP contribution in [0.25, 0.3) is 10.9 Å². The average Bonchev–Trinajstić information content (AvgIpc) is 3.07. The number of aromatic nitrogens is 4. The van der Waals surface area contributed by atoms with Gasteiger partial charge in [-0.1, -0.05) is 23.7 Å². The third-order valence-electron chi connectivity index (χ3n) is 4.28. The van der Waals surface area contributed by atoms with E-state index >= 15 is 0 Å². The van der Waals surface area contributed by atoms with Gasteiger partial charge in [-0.3, -0.25) is 5.10 Å². The van der Waals surface area contributed by atoms with Gasteiger partial charge in [-0.25, -0.2) is 13.4 Å².